The number of amides is 2. The Bertz CT molecular complexity index is 546. The molecule has 0 spiro atoms. The van der Waals surface area contributed by atoms with E-state index in [1.807, 2.05) is 0 Å². The van der Waals surface area contributed by atoms with Gasteiger partial charge in [-0.05, 0) is 6.07 Å². The van der Waals surface area contributed by atoms with E-state index in [0.29, 0.717) is 12.1 Å². The van der Waals surface area contributed by atoms with Gasteiger partial charge in [-0.15, -0.1) is 0 Å². The van der Waals surface area contributed by atoms with E-state index in [1.165, 1.54) is 18.3 Å². The largest absolute Gasteiger partial charge is 0.379 e. The standard InChI is InChI=1S/C14H20N4O4/c19-12-2-1-11(9-16-12)14(21)17-10-13(20)15-3-4-18-5-7-22-8-6-18/h1-2,9H,3-8,10H2,(H,15,20)(H,16,19)(H,17,21). The highest BCUT2D eigenvalue weighted by Gasteiger charge is 2.11. The van der Waals surface area contributed by atoms with Crippen LogP contribution in [-0.2, 0) is 9.53 Å². The minimum atomic E-state index is -0.403. The molecule has 0 atom stereocenters. The van der Waals surface area contributed by atoms with Crippen LogP contribution < -0.4 is 16.2 Å². The third-order valence-corrected chi connectivity index (χ3v) is 3.31. The van der Waals surface area contributed by atoms with Crippen LogP contribution in [0.3, 0.4) is 0 Å². The van der Waals surface area contributed by atoms with Gasteiger partial charge in [0, 0.05) is 38.4 Å². The van der Waals surface area contributed by atoms with Crippen LogP contribution in [0.4, 0.5) is 0 Å². The number of morpholine rings is 1. The maximum atomic E-state index is 11.7. The van der Waals surface area contributed by atoms with Crippen molar-refractivity contribution in [1.82, 2.24) is 20.5 Å². The first-order valence-electron chi connectivity index (χ1n) is 7.19. The van der Waals surface area contributed by atoms with E-state index in [2.05, 4.69) is 20.5 Å². The first kappa shape index (κ1) is 16.2. The highest BCUT2D eigenvalue weighted by atomic mass is 16.5. The van der Waals surface area contributed by atoms with Gasteiger partial charge in [0.2, 0.25) is 11.5 Å². The van der Waals surface area contributed by atoms with Gasteiger partial charge in [-0.3, -0.25) is 19.3 Å². The number of H-pyrrole nitrogens is 1. The number of aromatic amines is 1. The normalized spacial score (nSPS) is 15.3. The molecule has 120 valence electrons. The average Bonchev–Trinajstić information content (AvgIpc) is 2.54. The van der Waals surface area contributed by atoms with E-state index in [-0.39, 0.29) is 18.0 Å². The number of nitrogens with one attached hydrogen (secondary N) is 3. The molecule has 8 nitrogen and oxygen atoms in total. The lowest BCUT2D eigenvalue weighted by atomic mass is 10.2. The quantitative estimate of drug-likeness (QED) is 0.597. The predicted octanol–water partition coefficient (Wildman–Crippen LogP) is -1.45. The molecule has 1 aromatic rings. The maximum Gasteiger partial charge on any atom is 0.253 e. The summed E-state index contributed by atoms with van der Waals surface area (Å²) < 4.78 is 5.24. The van der Waals surface area contributed by atoms with Gasteiger partial charge in [-0.25, -0.2) is 0 Å². The average molecular weight is 308 g/mol. The number of hydrogen-bond acceptors (Lipinski definition) is 5. The van der Waals surface area contributed by atoms with Gasteiger partial charge < -0.3 is 20.4 Å². The Morgan fingerprint density at radius 3 is 2.68 bits per heavy atom. The summed E-state index contributed by atoms with van der Waals surface area (Å²) in [5.41, 5.74) is 0.0260. The molecule has 0 radical (unpaired) electrons. The van der Waals surface area contributed by atoms with Gasteiger partial charge in [0.25, 0.3) is 5.91 Å². The van der Waals surface area contributed by atoms with Crippen molar-refractivity contribution in [2.75, 3.05) is 45.9 Å². The van der Waals surface area contributed by atoms with Gasteiger partial charge >= 0.3 is 0 Å². The smallest absolute Gasteiger partial charge is 0.253 e. The molecule has 3 N–H and O–H groups in total. The summed E-state index contributed by atoms with van der Waals surface area (Å²) in [7, 11) is 0. The molecule has 1 aromatic heterocycles. The number of carbonyl (C=O) groups is 2. The number of rotatable bonds is 6. The van der Waals surface area contributed by atoms with Gasteiger partial charge in [0.1, 0.15) is 0 Å². The molecular weight excluding hydrogens is 288 g/mol. The Morgan fingerprint density at radius 2 is 2.00 bits per heavy atom. The molecule has 1 saturated heterocycles. The van der Waals surface area contributed by atoms with Crippen molar-refractivity contribution in [3.8, 4) is 0 Å². The Labute approximate surface area is 127 Å². The van der Waals surface area contributed by atoms with Gasteiger partial charge in [-0.2, -0.15) is 0 Å². The molecule has 0 aliphatic carbocycles. The van der Waals surface area contributed by atoms with Crippen LogP contribution in [0.15, 0.2) is 23.1 Å². The molecule has 8 heteroatoms. The molecule has 0 unspecified atom stereocenters. The van der Waals surface area contributed by atoms with Crippen LogP contribution >= 0.6 is 0 Å². The number of carbonyl (C=O) groups excluding carboxylic acids is 2. The zero-order chi connectivity index (χ0) is 15.8. The van der Waals surface area contributed by atoms with Crippen LogP contribution in [0.5, 0.6) is 0 Å². The summed E-state index contributed by atoms with van der Waals surface area (Å²) in [6.45, 7) is 4.40. The van der Waals surface area contributed by atoms with E-state index in [0.717, 1.165) is 32.8 Å². The van der Waals surface area contributed by atoms with Crippen molar-refractivity contribution >= 4 is 11.8 Å². The van der Waals surface area contributed by atoms with Crippen molar-refractivity contribution < 1.29 is 14.3 Å². The molecule has 2 amide bonds. The van der Waals surface area contributed by atoms with Crippen LogP contribution in [-0.4, -0.2) is 67.6 Å². The summed E-state index contributed by atoms with van der Waals surface area (Å²) in [6, 6.07) is 2.67. The van der Waals surface area contributed by atoms with Crippen molar-refractivity contribution in [2.24, 2.45) is 0 Å². The third-order valence-electron chi connectivity index (χ3n) is 3.31. The van der Waals surface area contributed by atoms with E-state index < -0.39 is 5.91 Å². The summed E-state index contributed by atoms with van der Waals surface area (Å²) in [4.78, 5) is 38.9. The second kappa shape index (κ2) is 8.30. The molecule has 2 rings (SSSR count). The second-order valence-electron chi connectivity index (χ2n) is 4.93. The number of ether oxygens (including phenoxy) is 1. The molecule has 0 bridgehead atoms. The van der Waals surface area contributed by atoms with E-state index in [4.69, 9.17) is 4.74 Å². The lowest BCUT2D eigenvalue weighted by molar-refractivity contribution is -0.120. The number of aromatic nitrogens is 1. The number of pyridine rings is 1. The first-order chi connectivity index (χ1) is 10.6. The lowest BCUT2D eigenvalue weighted by Gasteiger charge is -2.26. The van der Waals surface area contributed by atoms with Crippen LogP contribution in [0.2, 0.25) is 0 Å². The SMILES string of the molecule is O=C(CNC(=O)c1ccc(=O)[nH]c1)NCCN1CCOCC1. The second-order valence-corrected chi connectivity index (χ2v) is 4.93. The summed E-state index contributed by atoms with van der Waals surface area (Å²) >= 11 is 0. The van der Waals surface area contributed by atoms with Gasteiger partial charge in [-0.1, -0.05) is 0 Å². The summed E-state index contributed by atoms with van der Waals surface area (Å²) in [5, 5.41) is 5.25. The molecule has 1 fully saturated rings. The molecule has 1 aliphatic rings. The van der Waals surface area contributed by atoms with Crippen LogP contribution in [0.25, 0.3) is 0 Å². The van der Waals surface area contributed by atoms with Crippen molar-refractivity contribution in [1.29, 1.82) is 0 Å². The molecule has 1 aliphatic heterocycles. The van der Waals surface area contributed by atoms with Gasteiger partial charge in [0.05, 0.1) is 25.3 Å². The Morgan fingerprint density at radius 1 is 1.23 bits per heavy atom. The highest BCUT2D eigenvalue weighted by molar-refractivity contribution is 5.96. The molecule has 0 saturated carbocycles. The zero-order valence-corrected chi connectivity index (χ0v) is 12.3. The lowest BCUT2D eigenvalue weighted by Crippen LogP contribution is -2.43. The minimum Gasteiger partial charge on any atom is -0.379 e. The first-order valence-corrected chi connectivity index (χ1v) is 7.19. The minimum absolute atomic E-state index is 0.0962. The third kappa shape index (κ3) is 5.30. The zero-order valence-electron chi connectivity index (χ0n) is 12.3. The Hall–Kier alpha value is -2.19. The number of hydrogen-bond donors (Lipinski definition) is 3. The van der Waals surface area contributed by atoms with Crippen molar-refractivity contribution in [3.05, 3.63) is 34.2 Å². The van der Waals surface area contributed by atoms with Crippen molar-refractivity contribution in [2.45, 2.75) is 0 Å². The fourth-order valence-electron chi connectivity index (χ4n) is 2.06. The fourth-order valence-corrected chi connectivity index (χ4v) is 2.06. The summed E-state index contributed by atoms with van der Waals surface area (Å²) in [6.07, 6.45) is 1.31. The Balaban J connectivity index is 1.63. The number of nitrogens with zero attached hydrogens (tertiary/aromatic N) is 1. The van der Waals surface area contributed by atoms with E-state index in [9.17, 15) is 14.4 Å². The maximum absolute atomic E-state index is 11.7. The van der Waals surface area contributed by atoms with E-state index in [1.54, 1.807) is 0 Å². The molecular formula is C14H20N4O4. The topological polar surface area (TPSA) is 104 Å². The molecule has 2 heterocycles. The van der Waals surface area contributed by atoms with Crippen molar-refractivity contribution in [3.63, 3.8) is 0 Å². The van der Waals surface area contributed by atoms with Crippen LogP contribution in [0.1, 0.15) is 10.4 Å². The van der Waals surface area contributed by atoms with Crippen LogP contribution in [0, 0.1) is 0 Å². The summed E-state index contributed by atoms with van der Waals surface area (Å²) in [5.74, 6) is -0.648. The predicted molar refractivity (Wildman–Crippen MR) is 79.7 cm³/mol. The molecule has 22 heavy (non-hydrogen) atoms. The van der Waals surface area contributed by atoms with E-state index >= 15 is 0 Å². The molecule has 0 aromatic carbocycles. The van der Waals surface area contributed by atoms with Gasteiger partial charge in [0.15, 0.2) is 0 Å². The fraction of sp³-hybridized carbons (Fsp3) is 0.500. The monoisotopic (exact) mass is 308 g/mol. The highest BCUT2D eigenvalue weighted by Crippen LogP contribution is 1.95. The Kier molecular flexibility index (Phi) is 6.11.